The van der Waals surface area contributed by atoms with Gasteiger partial charge in [-0.25, -0.2) is 8.42 Å². The number of amides is 1. The van der Waals surface area contributed by atoms with Gasteiger partial charge < -0.3 is 9.64 Å². The van der Waals surface area contributed by atoms with E-state index in [4.69, 9.17) is 4.74 Å². The SMILES string of the molecule is CC1CCCCN1S(=O)(=O)c1ccc(C(=O)N2CCC(COCc3ccccc3)CC2)cc1. The topological polar surface area (TPSA) is 66.9 Å². The summed E-state index contributed by atoms with van der Waals surface area (Å²) in [5, 5.41) is 0. The molecule has 0 aliphatic carbocycles. The van der Waals surface area contributed by atoms with Crippen LogP contribution in [-0.2, 0) is 21.4 Å². The normalized spacial score (nSPS) is 20.6. The largest absolute Gasteiger partial charge is 0.376 e. The number of carbonyl (C=O) groups excluding carboxylic acids is 1. The van der Waals surface area contributed by atoms with Crippen molar-refractivity contribution in [3.8, 4) is 0 Å². The highest BCUT2D eigenvalue weighted by molar-refractivity contribution is 7.89. The van der Waals surface area contributed by atoms with Crippen LogP contribution in [0.2, 0.25) is 0 Å². The lowest BCUT2D eigenvalue weighted by Gasteiger charge is -2.32. The summed E-state index contributed by atoms with van der Waals surface area (Å²) in [5.74, 6) is 0.422. The van der Waals surface area contributed by atoms with Gasteiger partial charge >= 0.3 is 0 Å². The molecule has 2 fully saturated rings. The summed E-state index contributed by atoms with van der Waals surface area (Å²) in [6.45, 7) is 5.25. The van der Waals surface area contributed by atoms with Crippen molar-refractivity contribution in [3.05, 3.63) is 65.7 Å². The maximum atomic E-state index is 13.0. The van der Waals surface area contributed by atoms with Gasteiger partial charge in [0.15, 0.2) is 0 Å². The van der Waals surface area contributed by atoms with Gasteiger partial charge in [0.05, 0.1) is 11.5 Å². The van der Waals surface area contributed by atoms with Crippen LogP contribution >= 0.6 is 0 Å². The minimum atomic E-state index is -3.52. The monoisotopic (exact) mass is 470 g/mol. The molecule has 33 heavy (non-hydrogen) atoms. The van der Waals surface area contributed by atoms with E-state index in [0.29, 0.717) is 44.3 Å². The molecule has 1 amide bonds. The van der Waals surface area contributed by atoms with Crippen LogP contribution in [0.3, 0.4) is 0 Å². The van der Waals surface area contributed by atoms with E-state index in [-0.39, 0.29) is 16.8 Å². The first kappa shape index (κ1) is 23.9. The standard InChI is InChI=1S/C26H34N2O4S/c1-21-7-5-6-16-28(21)33(30,31)25-12-10-24(11-13-25)26(29)27-17-14-23(15-18-27)20-32-19-22-8-3-2-4-9-22/h2-4,8-13,21,23H,5-7,14-20H2,1H3. The molecule has 0 saturated carbocycles. The maximum absolute atomic E-state index is 13.0. The number of sulfonamides is 1. The summed E-state index contributed by atoms with van der Waals surface area (Å²) in [4.78, 5) is 15.1. The van der Waals surface area contributed by atoms with Crippen LogP contribution in [0.1, 0.15) is 54.9 Å². The second kappa shape index (κ2) is 10.8. The van der Waals surface area contributed by atoms with Gasteiger partial charge in [-0.15, -0.1) is 0 Å². The van der Waals surface area contributed by atoms with Gasteiger partial charge in [-0.2, -0.15) is 4.31 Å². The number of piperidine rings is 2. The quantitative estimate of drug-likeness (QED) is 0.605. The fourth-order valence-electron chi connectivity index (χ4n) is 4.74. The molecule has 2 aromatic carbocycles. The third-order valence-electron chi connectivity index (χ3n) is 6.82. The van der Waals surface area contributed by atoms with E-state index in [1.54, 1.807) is 28.6 Å². The van der Waals surface area contributed by atoms with Crippen LogP contribution in [0.4, 0.5) is 0 Å². The van der Waals surface area contributed by atoms with E-state index < -0.39 is 10.0 Å². The van der Waals surface area contributed by atoms with E-state index >= 15 is 0 Å². The number of carbonyl (C=O) groups is 1. The molecular formula is C26H34N2O4S. The number of nitrogens with zero attached hydrogens (tertiary/aromatic N) is 2. The first-order valence-corrected chi connectivity index (χ1v) is 13.4. The molecule has 0 aromatic heterocycles. The van der Waals surface area contributed by atoms with Crippen molar-refractivity contribution in [2.45, 2.75) is 56.6 Å². The van der Waals surface area contributed by atoms with Crippen LogP contribution in [0.25, 0.3) is 0 Å². The molecule has 0 bridgehead atoms. The highest BCUT2D eigenvalue weighted by atomic mass is 32.2. The Morgan fingerprint density at radius 3 is 2.30 bits per heavy atom. The molecule has 1 atom stereocenters. The summed E-state index contributed by atoms with van der Waals surface area (Å²) in [6, 6.07) is 16.6. The van der Waals surface area contributed by atoms with Gasteiger partial charge in [0.2, 0.25) is 10.0 Å². The number of rotatable bonds is 7. The third kappa shape index (κ3) is 5.83. The van der Waals surface area contributed by atoms with Crippen LogP contribution in [0.15, 0.2) is 59.5 Å². The molecule has 1 unspecified atom stereocenters. The lowest BCUT2D eigenvalue weighted by atomic mass is 9.97. The van der Waals surface area contributed by atoms with Gasteiger partial charge in [-0.3, -0.25) is 4.79 Å². The summed E-state index contributed by atoms with van der Waals surface area (Å²) >= 11 is 0. The third-order valence-corrected chi connectivity index (χ3v) is 8.84. The fourth-order valence-corrected chi connectivity index (χ4v) is 6.44. The molecule has 0 N–H and O–H groups in total. The van der Waals surface area contributed by atoms with Crippen LogP contribution in [-0.4, -0.2) is 55.8 Å². The molecular weight excluding hydrogens is 436 g/mol. The van der Waals surface area contributed by atoms with Crippen molar-refractivity contribution in [2.75, 3.05) is 26.2 Å². The number of hydrogen-bond acceptors (Lipinski definition) is 4. The zero-order valence-electron chi connectivity index (χ0n) is 19.4. The first-order chi connectivity index (χ1) is 15.9. The Labute approximate surface area is 197 Å². The van der Waals surface area contributed by atoms with Crippen LogP contribution in [0.5, 0.6) is 0 Å². The van der Waals surface area contributed by atoms with Crippen molar-refractivity contribution in [2.24, 2.45) is 5.92 Å². The van der Waals surface area contributed by atoms with Crippen molar-refractivity contribution < 1.29 is 17.9 Å². The zero-order valence-corrected chi connectivity index (χ0v) is 20.2. The van der Waals surface area contributed by atoms with E-state index in [1.165, 1.54) is 5.56 Å². The van der Waals surface area contributed by atoms with Crippen molar-refractivity contribution in [3.63, 3.8) is 0 Å². The highest BCUT2D eigenvalue weighted by Gasteiger charge is 2.31. The average molecular weight is 471 g/mol. The molecule has 7 heteroatoms. The summed E-state index contributed by atoms with van der Waals surface area (Å²) in [6.07, 6.45) is 4.69. The van der Waals surface area contributed by atoms with Crippen molar-refractivity contribution in [1.82, 2.24) is 9.21 Å². The molecule has 2 heterocycles. The van der Waals surface area contributed by atoms with Gasteiger partial charge in [-0.05, 0) is 68.4 Å². The Hall–Kier alpha value is -2.22. The Kier molecular flexibility index (Phi) is 7.83. The first-order valence-electron chi connectivity index (χ1n) is 12.0. The Balaban J connectivity index is 1.28. The summed E-state index contributed by atoms with van der Waals surface area (Å²) in [7, 11) is -3.52. The van der Waals surface area contributed by atoms with Crippen LogP contribution in [0, 0.1) is 5.92 Å². The Morgan fingerprint density at radius 2 is 1.64 bits per heavy atom. The average Bonchev–Trinajstić information content (AvgIpc) is 2.85. The minimum absolute atomic E-state index is 0.0167. The molecule has 0 radical (unpaired) electrons. The van der Waals surface area contributed by atoms with Gasteiger partial charge in [0, 0.05) is 37.8 Å². The molecule has 2 aliphatic rings. The molecule has 0 spiro atoms. The lowest BCUT2D eigenvalue weighted by molar-refractivity contribution is 0.0478. The van der Waals surface area contributed by atoms with E-state index in [9.17, 15) is 13.2 Å². The zero-order chi connectivity index (χ0) is 23.3. The highest BCUT2D eigenvalue weighted by Crippen LogP contribution is 2.26. The predicted octanol–water partition coefficient (Wildman–Crippen LogP) is 4.32. The predicted molar refractivity (Wildman–Crippen MR) is 128 cm³/mol. The van der Waals surface area contributed by atoms with Crippen LogP contribution < -0.4 is 0 Å². The van der Waals surface area contributed by atoms with Gasteiger partial charge in [-0.1, -0.05) is 36.8 Å². The van der Waals surface area contributed by atoms with Crippen molar-refractivity contribution in [1.29, 1.82) is 0 Å². The smallest absolute Gasteiger partial charge is 0.253 e. The van der Waals surface area contributed by atoms with E-state index in [2.05, 4.69) is 12.1 Å². The minimum Gasteiger partial charge on any atom is -0.376 e. The van der Waals surface area contributed by atoms with Crippen molar-refractivity contribution >= 4 is 15.9 Å². The van der Waals surface area contributed by atoms with Gasteiger partial charge in [0.25, 0.3) is 5.91 Å². The summed E-state index contributed by atoms with van der Waals surface area (Å²) < 4.78 is 33.5. The number of ether oxygens (including phenoxy) is 1. The lowest BCUT2D eigenvalue weighted by Crippen LogP contribution is -2.42. The summed E-state index contributed by atoms with van der Waals surface area (Å²) in [5.41, 5.74) is 1.71. The van der Waals surface area contributed by atoms with E-state index in [0.717, 1.165) is 32.1 Å². The maximum Gasteiger partial charge on any atom is 0.253 e. The molecule has 4 rings (SSSR count). The fraction of sp³-hybridized carbons (Fsp3) is 0.500. The van der Waals surface area contributed by atoms with Gasteiger partial charge in [0.1, 0.15) is 0 Å². The number of hydrogen-bond donors (Lipinski definition) is 0. The molecule has 2 aromatic rings. The number of likely N-dealkylation sites (tertiary alicyclic amines) is 1. The Bertz CT molecular complexity index is 1020. The molecule has 178 valence electrons. The second-order valence-electron chi connectivity index (χ2n) is 9.22. The number of benzene rings is 2. The Morgan fingerprint density at radius 1 is 0.939 bits per heavy atom. The molecule has 6 nitrogen and oxygen atoms in total. The van der Waals surface area contributed by atoms with E-state index in [1.807, 2.05) is 30.0 Å². The second-order valence-corrected chi connectivity index (χ2v) is 11.1. The molecule has 2 aliphatic heterocycles. The molecule has 2 saturated heterocycles.